The fourth-order valence-corrected chi connectivity index (χ4v) is 2.28. The van der Waals surface area contributed by atoms with Gasteiger partial charge < -0.3 is 10.1 Å². The number of aryl methyl sites for hydroxylation is 2. The second kappa shape index (κ2) is 6.09. The van der Waals surface area contributed by atoms with Crippen LogP contribution >= 0.6 is 0 Å². The molecule has 0 spiro atoms. The smallest absolute Gasteiger partial charge is 0.242 e. The van der Waals surface area contributed by atoms with Crippen LogP contribution in [-0.4, -0.2) is 34.4 Å². The van der Waals surface area contributed by atoms with E-state index in [2.05, 4.69) is 41.3 Å². The SMILES string of the molecule is CCc1nnc(NCC2CCOC2C)nc1CC. The van der Waals surface area contributed by atoms with Crippen LogP contribution in [0.4, 0.5) is 5.95 Å². The van der Waals surface area contributed by atoms with E-state index in [1.54, 1.807) is 0 Å². The lowest BCUT2D eigenvalue weighted by Gasteiger charge is -2.14. The van der Waals surface area contributed by atoms with Crippen LogP contribution in [0.15, 0.2) is 0 Å². The van der Waals surface area contributed by atoms with E-state index < -0.39 is 0 Å². The van der Waals surface area contributed by atoms with E-state index in [0.29, 0.717) is 18.0 Å². The molecule has 1 N–H and O–H groups in total. The van der Waals surface area contributed by atoms with Gasteiger partial charge in [0, 0.05) is 19.1 Å². The van der Waals surface area contributed by atoms with Crippen molar-refractivity contribution in [1.82, 2.24) is 15.2 Å². The predicted molar refractivity (Wildman–Crippen MR) is 70.6 cm³/mol. The molecule has 0 bridgehead atoms. The van der Waals surface area contributed by atoms with Crippen molar-refractivity contribution in [1.29, 1.82) is 0 Å². The molecule has 2 unspecified atom stereocenters. The van der Waals surface area contributed by atoms with Crippen molar-refractivity contribution in [3.8, 4) is 0 Å². The summed E-state index contributed by atoms with van der Waals surface area (Å²) in [6.07, 6.45) is 3.22. The molecule has 2 atom stereocenters. The fraction of sp³-hybridized carbons (Fsp3) is 0.769. The first-order chi connectivity index (χ1) is 8.74. The Morgan fingerprint density at radius 3 is 2.61 bits per heavy atom. The quantitative estimate of drug-likeness (QED) is 0.864. The first kappa shape index (κ1) is 13.2. The number of nitrogens with one attached hydrogen (secondary N) is 1. The minimum atomic E-state index is 0.325. The Balaban J connectivity index is 1.97. The highest BCUT2D eigenvalue weighted by atomic mass is 16.5. The summed E-state index contributed by atoms with van der Waals surface area (Å²) in [6, 6.07) is 0. The number of rotatable bonds is 5. The fourth-order valence-electron chi connectivity index (χ4n) is 2.28. The molecule has 1 aromatic rings. The van der Waals surface area contributed by atoms with Gasteiger partial charge in [-0.2, -0.15) is 5.10 Å². The molecule has 0 saturated carbocycles. The Hall–Kier alpha value is -1.23. The van der Waals surface area contributed by atoms with Gasteiger partial charge in [-0.3, -0.25) is 0 Å². The Bertz CT molecular complexity index is 397. The molecular formula is C13H22N4O. The summed E-state index contributed by atoms with van der Waals surface area (Å²) < 4.78 is 5.54. The molecule has 5 heteroatoms. The topological polar surface area (TPSA) is 59.9 Å². The summed E-state index contributed by atoms with van der Waals surface area (Å²) in [5, 5.41) is 11.6. The van der Waals surface area contributed by atoms with E-state index in [1.165, 1.54) is 0 Å². The molecule has 2 rings (SSSR count). The van der Waals surface area contributed by atoms with Crippen LogP contribution in [0.1, 0.15) is 38.6 Å². The standard InChI is InChI=1S/C13H22N4O/c1-4-11-12(5-2)16-17-13(15-11)14-8-10-6-7-18-9(10)3/h9-10H,4-8H2,1-3H3,(H,14,15,17). The normalized spacial score (nSPS) is 23.3. The molecular weight excluding hydrogens is 228 g/mol. The average Bonchev–Trinajstić information content (AvgIpc) is 2.81. The monoisotopic (exact) mass is 250 g/mol. The number of nitrogens with zero attached hydrogens (tertiary/aromatic N) is 3. The first-order valence-electron chi connectivity index (χ1n) is 6.82. The highest BCUT2D eigenvalue weighted by Gasteiger charge is 2.24. The lowest BCUT2D eigenvalue weighted by atomic mass is 10.0. The Labute approximate surface area is 108 Å². The number of anilines is 1. The van der Waals surface area contributed by atoms with Crippen LogP contribution in [-0.2, 0) is 17.6 Å². The van der Waals surface area contributed by atoms with Crippen LogP contribution in [0, 0.1) is 5.92 Å². The van der Waals surface area contributed by atoms with Gasteiger partial charge in [0.25, 0.3) is 0 Å². The van der Waals surface area contributed by atoms with E-state index in [9.17, 15) is 0 Å². The van der Waals surface area contributed by atoms with E-state index in [0.717, 1.165) is 43.8 Å². The summed E-state index contributed by atoms with van der Waals surface area (Å²) >= 11 is 0. The molecule has 1 aromatic heterocycles. The van der Waals surface area contributed by atoms with Gasteiger partial charge in [0.2, 0.25) is 5.95 Å². The molecule has 0 aromatic carbocycles. The van der Waals surface area contributed by atoms with Crippen LogP contribution < -0.4 is 5.32 Å². The highest BCUT2D eigenvalue weighted by molar-refractivity contribution is 5.25. The predicted octanol–water partition coefficient (Wildman–Crippen LogP) is 1.83. The minimum Gasteiger partial charge on any atom is -0.378 e. The van der Waals surface area contributed by atoms with Gasteiger partial charge in [-0.1, -0.05) is 13.8 Å². The van der Waals surface area contributed by atoms with Gasteiger partial charge in [-0.05, 0) is 26.2 Å². The maximum Gasteiger partial charge on any atom is 0.242 e. The summed E-state index contributed by atoms with van der Waals surface area (Å²) in [5.41, 5.74) is 2.05. The lowest BCUT2D eigenvalue weighted by Crippen LogP contribution is -2.22. The number of hydrogen-bond acceptors (Lipinski definition) is 5. The molecule has 2 heterocycles. The van der Waals surface area contributed by atoms with Gasteiger partial charge in [0.05, 0.1) is 17.5 Å². The van der Waals surface area contributed by atoms with E-state index in [4.69, 9.17) is 4.74 Å². The largest absolute Gasteiger partial charge is 0.378 e. The van der Waals surface area contributed by atoms with Gasteiger partial charge in [0.1, 0.15) is 0 Å². The Kier molecular flexibility index (Phi) is 4.47. The Morgan fingerprint density at radius 2 is 2.00 bits per heavy atom. The van der Waals surface area contributed by atoms with Gasteiger partial charge in [-0.15, -0.1) is 5.10 Å². The van der Waals surface area contributed by atoms with Crippen LogP contribution in [0.5, 0.6) is 0 Å². The molecule has 5 nitrogen and oxygen atoms in total. The molecule has 1 fully saturated rings. The minimum absolute atomic E-state index is 0.325. The summed E-state index contributed by atoms with van der Waals surface area (Å²) in [4.78, 5) is 4.52. The molecule has 100 valence electrons. The third-order valence-electron chi connectivity index (χ3n) is 3.56. The van der Waals surface area contributed by atoms with E-state index in [1.807, 2.05) is 0 Å². The third kappa shape index (κ3) is 2.96. The molecule has 0 aliphatic carbocycles. The zero-order valence-electron chi connectivity index (χ0n) is 11.4. The van der Waals surface area contributed by atoms with Gasteiger partial charge in [0.15, 0.2) is 0 Å². The maximum atomic E-state index is 5.54. The van der Waals surface area contributed by atoms with Crippen molar-refractivity contribution >= 4 is 5.95 Å². The Morgan fingerprint density at radius 1 is 1.22 bits per heavy atom. The van der Waals surface area contributed by atoms with Gasteiger partial charge >= 0.3 is 0 Å². The summed E-state index contributed by atoms with van der Waals surface area (Å²) in [7, 11) is 0. The van der Waals surface area contributed by atoms with Crippen molar-refractivity contribution in [2.75, 3.05) is 18.5 Å². The van der Waals surface area contributed by atoms with Gasteiger partial charge in [-0.25, -0.2) is 4.98 Å². The van der Waals surface area contributed by atoms with Crippen LogP contribution in [0.3, 0.4) is 0 Å². The number of ether oxygens (including phenoxy) is 1. The van der Waals surface area contributed by atoms with Crippen molar-refractivity contribution in [2.45, 2.75) is 46.1 Å². The van der Waals surface area contributed by atoms with E-state index in [-0.39, 0.29) is 0 Å². The van der Waals surface area contributed by atoms with Crippen molar-refractivity contribution in [3.05, 3.63) is 11.4 Å². The summed E-state index contributed by atoms with van der Waals surface area (Å²) in [5.74, 6) is 1.19. The van der Waals surface area contributed by atoms with Crippen molar-refractivity contribution in [2.24, 2.45) is 5.92 Å². The number of hydrogen-bond donors (Lipinski definition) is 1. The molecule has 1 aliphatic rings. The zero-order valence-corrected chi connectivity index (χ0v) is 11.4. The second-order valence-electron chi connectivity index (χ2n) is 4.74. The third-order valence-corrected chi connectivity index (χ3v) is 3.56. The molecule has 0 radical (unpaired) electrons. The average molecular weight is 250 g/mol. The highest BCUT2D eigenvalue weighted by Crippen LogP contribution is 2.20. The zero-order chi connectivity index (χ0) is 13.0. The second-order valence-corrected chi connectivity index (χ2v) is 4.74. The molecule has 1 saturated heterocycles. The van der Waals surface area contributed by atoms with Crippen LogP contribution in [0.25, 0.3) is 0 Å². The lowest BCUT2D eigenvalue weighted by molar-refractivity contribution is 0.108. The summed E-state index contributed by atoms with van der Waals surface area (Å²) in [6.45, 7) is 8.02. The van der Waals surface area contributed by atoms with Crippen LogP contribution in [0.2, 0.25) is 0 Å². The molecule has 0 amide bonds. The maximum absolute atomic E-state index is 5.54. The first-order valence-corrected chi connectivity index (χ1v) is 6.82. The number of aromatic nitrogens is 3. The molecule has 1 aliphatic heterocycles. The van der Waals surface area contributed by atoms with Crippen molar-refractivity contribution in [3.63, 3.8) is 0 Å². The van der Waals surface area contributed by atoms with E-state index >= 15 is 0 Å². The van der Waals surface area contributed by atoms with Crippen molar-refractivity contribution < 1.29 is 4.74 Å². The molecule has 18 heavy (non-hydrogen) atoms.